The van der Waals surface area contributed by atoms with Gasteiger partial charge in [-0.2, -0.15) is 0 Å². The van der Waals surface area contributed by atoms with Gasteiger partial charge >= 0.3 is 0 Å². The lowest BCUT2D eigenvalue weighted by Gasteiger charge is -2.36. The Bertz CT molecular complexity index is 1590. The number of terminal acetylenes is 1. The molecule has 1 fully saturated rings. The highest BCUT2D eigenvalue weighted by atomic mass is 32.2. The maximum atomic E-state index is 13.3. The van der Waals surface area contributed by atoms with Crippen LogP contribution in [0.15, 0.2) is 90.0 Å². The first-order chi connectivity index (χ1) is 20.5. The summed E-state index contributed by atoms with van der Waals surface area (Å²) in [5.74, 6) is 3.58. The molecule has 0 radical (unpaired) electrons. The molecular formula is C34H40N4O3S. The SMILES string of the molecule is C#CCN(C)Cc1ccc(OCCCCCN2CCN(c3cccc4c3ccn4S(=O)(=O)c3ccccc3)CC2)cc1. The molecule has 1 aliphatic rings. The van der Waals surface area contributed by atoms with Crippen LogP contribution < -0.4 is 9.64 Å². The van der Waals surface area contributed by atoms with Gasteiger partial charge in [-0.1, -0.05) is 42.3 Å². The summed E-state index contributed by atoms with van der Waals surface area (Å²) in [6.07, 6.45) is 10.4. The molecule has 1 saturated heterocycles. The minimum absolute atomic E-state index is 0.294. The maximum Gasteiger partial charge on any atom is 0.268 e. The van der Waals surface area contributed by atoms with Crippen LogP contribution in [0, 0.1) is 12.3 Å². The summed E-state index contributed by atoms with van der Waals surface area (Å²) in [6.45, 7) is 7.14. The summed E-state index contributed by atoms with van der Waals surface area (Å²) >= 11 is 0. The molecule has 0 spiro atoms. The molecule has 2 heterocycles. The lowest BCUT2D eigenvalue weighted by Crippen LogP contribution is -2.46. The van der Waals surface area contributed by atoms with Gasteiger partial charge in [0.1, 0.15) is 5.75 Å². The topological polar surface area (TPSA) is 58.0 Å². The van der Waals surface area contributed by atoms with Gasteiger partial charge in [0, 0.05) is 50.0 Å². The molecule has 3 aromatic carbocycles. The molecular weight excluding hydrogens is 544 g/mol. The first-order valence-electron chi connectivity index (χ1n) is 14.7. The van der Waals surface area contributed by atoms with E-state index in [0.29, 0.717) is 17.0 Å². The molecule has 1 aromatic heterocycles. The zero-order valence-electron chi connectivity index (χ0n) is 24.4. The summed E-state index contributed by atoms with van der Waals surface area (Å²) in [4.78, 5) is 7.31. The molecule has 0 N–H and O–H groups in total. The highest BCUT2D eigenvalue weighted by Gasteiger charge is 2.22. The van der Waals surface area contributed by atoms with E-state index < -0.39 is 10.0 Å². The van der Waals surface area contributed by atoms with Crippen molar-refractivity contribution in [1.82, 2.24) is 13.8 Å². The summed E-state index contributed by atoms with van der Waals surface area (Å²) < 4.78 is 33.9. The van der Waals surface area contributed by atoms with Crippen LogP contribution in [0.4, 0.5) is 5.69 Å². The average Bonchev–Trinajstić information content (AvgIpc) is 3.46. The zero-order chi connectivity index (χ0) is 29.4. The predicted octanol–water partition coefficient (Wildman–Crippen LogP) is 5.31. The number of benzene rings is 3. The molecule has 220 valence electrons. The number of piperazine rings is 1. The Balaban J connectivity index is 1.05. The monoisotopic (exact) mass is 584 g/mol. The largest absolute Gasteiger partial charge is 0.494 e. The Kier molecular flexibility index (Phi) is 9.85. The zero-order valence-corrected chi connectivity index (χ0v) is 25.2. The number of aromatic nitrogens is 1. The Labute approximate surface area is 250 Å². The minimum atomic E-state index is -3.65. The molecule has 0 atom stereocenters. The average molecular weight is 585 g/mol. The quantitative estimate of drug-likeness (QED) is 0.157. The van der Waals surface area contributed by atoms with E-state index in [9.17, 15) is 8.42 Å². The fourth-order valence-corrected chi connectivity index (χ4v) is 6.92. The Morgan fingerprint density at radius 3 is 2.38 bits per heavy atom. The summed E-state index contributed by atoms with van der Waals surface area (Å²) in [7, 11) is -1.62. The van der Waals surface area contributed by atoms with Crippen molar-refractivity contribution >= 4 is 26.6 Å². The van der Waals surface area contributed by atoms with Crippen molar-refractivity contribution in [3.8, 4) is 18.1 Å². The molecule has 1 aliphatic heterocycles. The van der Waals surface area contributed by atoms with E-state index in [-0.39, 0.29) is 0 Å². The van der Waals surface area contributed by atoms with E-state index in [0.717, 1.165) is 82.0 Å². The van der Waals surface area contributed by atoms with Gasteiger partial charge in [-0.3, -0.25) is 9.80 Å². The smallest absolute Gasteiger partial charge is 0.268 e. The van der Waals surface area contributed by atoms with Crippen molar-refractivity contribution in [2.75, 3.05) is 57.8 Å². The van der Waals surface area contributed by atoms with Crippen LogP contribution in [0.3, 0.4) is 0 Å². The lowest BCUT2D eigenvalue weighted by molar-refractivity contribution is 0.246. The second-order valence-corrected chi connectivity index (χ2v) is 12.7. The number of fused-ring (bicyclic) bond motifs is 1. The molecule has 8 heteroatoms. The van der Waals surface area contributed by atoms with Gasteiger partial charge in [0.15, 0.2) is 0 Å². The fraction of sp³-hybridized carbons (Fsp3) is 0.353. The number of anilines is 1. The van der Waals surface area contributed by atoms with E-state index in [1.165, 1.54) is 9.54 Å². The molecule has 5 rings (SSSR count). The van der Waals surface area contributed by atoms with Gasteiger partial charge in [0.25, 0.3) is 10.0 Å². The molecule has 0 aliphatic carbocycles. The first kappa shape index (κ1) is 29.7. The molecule has 42 heavy (non-hydrogen) atoms. The highest BCUT2D eigenvalue weighted by Crippen LogP contribution is 2.31. The molecule has 0 unspecified atom stereocenters. The van der Waals surface area contributed by atoms with E-state index in [1.54, 1.807) is 30.5 Å². The van der Waals surface area contributed by atoms with Gasteiger partial charge in [-0.15, -0.1) is 6.42 Å². The summed E-state index contributed by atoms with van der Waals surface area (Å²) in [5.41, 5.74) is 3.04. The van der Waals surface area contributed by atoms with Crippen molar-refractivity contribution in [3.05, 3.63) is 90.6 Å². The first-order valence-corrected chi connectivity index (χ1v) is 16.1. The predicted molar refractivity (Wildman–Crippen MR) is 171 cm³/mol. The van der Waals surface area contributed by atoms with Crippen LogP contribution in [0.25, 0.3) is 10.9 Å². The number of nitrogens with zero attached hydrogens (tertiary/aromatic N) is 4. The number of ether oxygens (including phenoxy) is 1. The molecule has 0 saturated carbocycles. The van der Waals surface area contributed by atoms with E-state index in [1.807, 2.05) is 43.4 Å². The van der Waals surface area contributed by atoms with Crippen LogP contribution in [-0.2, 0) is 16.6 Å². The van der Waals surface area contributed by atoms with Crippen molar-refractivity contribution < 1.29 is 13.2 Å². The Morgan fingerprint density at radius 2 is 1.64 bits per heavy atom. The van der Waals surface area contributed by atoms with Gasteiger partial charge in [0.05, 0.1) is 23.6 Å². The van der Waals surface area contributed by atoms with Crippen molar-refractivity contribution in [2.45, 2.75) is 30.7 Å². The lowest BCUT2D eigenvalue weighted by atomic mass is 10.1. The Morgan fingerprint density at radius 1 is 0.881 bits per heavy atom. The van der Waals surface area contributed by atoms with E-state index in [2.05, 4.69) is 38.8 Å². The van der Waals surface area contributed by atoms with Gasteiger partial charge < -0.3 is 9.64 Å². The van der Waals surface area contributed by atoms with Gasteiger partial charge in [0.2, 0.25) is 0 Å². The number of hydrogen-bond acceptors (Lipinski definition) is 6. The fourth-order valence-electron chi connectivity index (χ4n) is 5.55. The van der Waals surface area contributed by atoms with Crippen LogP contribution in [0.5, 0.6) is 5.75 Å². The third kappa shape index (κ3) is 7.16. The van der Waals surface area contributed by atoms with Gasteiger partial charge in [-0.05, 0) is 80.9 Å². The highest BCUT2D eigenvalue weighted by molar-refractivity contribution is 7.90. The normalized spacial score (nSPS) is 14.4. The second kappa shape index (κ2) is 13.9. The molecule has 0 bridgehead atoms. The number of rotatable bonds is 13. The maximum absolute atomic E-state index is 13.3. The molecule has 0 amide bonds. The summed E-state index contributed by atoms with van der Waals surface area (Å²) in [5, 5.41) is 0.969. The van der Waals surface area contributed by atoms with Gasteiger partial charge in [-0.25, -0.2) is 12.4 Å². The van der Waals surface area contributed by atoms with Crippen LogP contribution in [0.2, 0.25) is 0 Å². The second-order valence-electron chi connectivity index (χ2n) is 10.9. The Hall–Kier alpha value is -3.77. The minimum Gasteiger partial charge on any atom is -0.494 e. The molecule has 7 nitrogen and oxygen atoms in total. The summed E-state index contributed by atoms with van der Waals surface area (Å²) in [6, 6.07) is 24.7. The van der Waals surface area contributed by atoms with Crippen molar-refractivity contribution in [3.63, 3.8) is 0 Å². The van der Waals surface area contributed by atoms with Crippen molar-refractivity contribution in [1.29, 1.82) is 0 Å². The van der Waals surface area contributed by atoms with Crippen molar-refractivity contribution in [2.24, 2.45) is 0 Å². The standard InChI is InChI=1S/C34H40N4O3S/c1-3-20-35(2)28-29-15-17-30(18-16-29)41-27-9-5-8-21-36-23-25-37(26-24-36)33-13-10-14-34-32(33)19-22-38(34)42(39,40)31-11-6-4-7-12-31/h1,4,6-7,10-19,22H,5,8-9,20-21,23-28H2,2H3. The van der Waals surface area contributed by atoms with E-state index in [4.69, 9.17) is 11.2 Å². The number of hydrogen-bond donors (Lipinski definition) is 0. The van der Waals surface area contributed by atoms with Crippen LogP contribution in [-0.4, -0.2) is 75.1 Å². The third-order valence-electron chi connectivity index (χ3n) is 7.81. The van der Waals surface area contributed by atoms with E-state index >= 15 is 0 Å². The molecule has 4 aromatic rings. The number of unbranched alkanes of at least 4 members (excludes halogenated alkanes) is 2. The van der Waals surface area contributed by atoms with Crippen LogP contribution >= 0.6 is 0 Å². The van der Waals surface area contributed by atoms with Crippen LogP contribution in [0.1, 0.15) is 24.8 Å². The third-order valence-corrected chi connectivity index (χ3v) is 9.52.